The third-order valence-corrected chi connectivity index (χ3v) is 2.96. The summed E-state index contributed by atoms with van der Waals surface area (Å²) in [7, 11) is 0. The summed E-state index contributed by atoms with van der Waals surface area (Å²) >= 11 is 1.20. The molecule has 0 aromatic carbocycles. The lowest BCUT2D eigenvalue weighted by molar-refractivity contribution is 0.254. The Morgan fingerprint density at radius 1 is 1.57 bits per heavy atom. The molecule has 1 aliphatic rings. The fourth-order valence-corrected chi connectivity index (χ4v) is 1.85. The predicted molar refractivity (Wildman–Crippen MR) is 61.4 cm³/mol. The molecule has 2 atom stereocenters. The van der Waals surface area contributed by atoms with Crippen molar-refractivity contribution >= 4 is 17.0 Å². The van der Waals surface area contributed by atoms with Gasteiger partial charge in [0.1, 0.15) is 0 Å². The number of carbonyl (C=O) groups is 1. The van der Waals surface area contributed by atoms with Crippen molar-refractivity contribution in [2.24, 2.45) is 5.73 Å². The third-order valence-electron chi connectivity index (χ3n) is 2.47. The lowest BCUT2D eigenvalue weighted by Crippen LogP contribution is -2.46. The minimum absolute atomic E-state index is 0.0134. The maximum absolute atomic E-state index is 11.2. The first kappa shape index (κ1) is 11.6. The highest BCUT2D eigenvalue weighted by Crippen LogP contribution is 2.12. The smallest absolute Gasteiger partial charge is 0.279 e. The SMILES string of the molecule is CSC(=O)NC1C/C=C/CCC[C@H]1N. The monoisotopic (exact) mass is 214 g/mol. The molecule has 80 valence electrons. The zero-order valence-electron chi connectivity index (χ0n) is 8.53. The van der Waals surface area contributed by atoms with Crippen molar-refractivity contribution in [3.63, 3.8) is 0 Å². The van der Waals surface area contributed by atoms with Gasteiger partial charge in [-0.25, -0.2) is 0 Å². The maximum atomic E-state index is 11.2. The van der Waals surface area contributed by atoms with E-state index in [-0.39, 0.29) is 17.3 Å². The van der Waals surface area contributed by atoms with Gasteiger partial charge in [-0.2, -0.15) is 0 Å². The molecule has 1 rings (SSSR count). The summed E-state index contributed by atoms with van der Waals surface area (Å²) in [4.78, 5) is 11.2. The molecule has 0 spiro atoms. The van der Waals surface area contributed by atoms with E-state index in [0.717, 1.165) is 25.7 Å². The number of carbonyl (C=O) groups excluding carboxylic acids is 1. The van der Waals surface area contributed by atoms with Crippen molar-refractivity contribution in [2.45, 2.75) is 37.8 Å². The summed E-state index contributed by atoms with van der Waals surface area (Å²) in [6.07, 6.45) is 10.1. The molecule has 0 aromatic heterocycles. The molecule has 4 heteroatoms. The fourth-order valence-electron chi connectivity index (χ4n) is 1.58. The minimum atomic E-state index is 0.0134. The molecule has 1 aliphatic carbocycles. The molecule has 0 heterocycles. The van der Waals surface area contributed by atoms with Gasteiger partial charge in [0.25, 0.3) is 5.24 Å². The number of rotatable bonds is 1. The van der Waals surface area contributed by atoms with Crippen LogP contribution in [-0.4, -0.2) is 23.6 Å². The van der Waals surface area contributed by atoms with Crippen LogP contribution in [0.5, 0.6) is 0 Å². The van der Waals surface area contributed by atoms with Crippen LogP contribution in [0.2, 0.25) is 0 Å². The summed E-state index contributed by atoms with van der Waals surface area (Å²) in [6, 6.07) is 0.197. The molecule has 0 aromatic rings. The normalized spacial score (nSPS) is 30.1. The highest BCUT2D eigenvalue weighted by atomic mass is 32.2. The van der Waals surface area contributed by atoms with Crippen LogP contribution in [-0.2, 0) is 0 Å². The molecule has 0 bridgehead atoms. The van der Waals surface area contributed by atoms with Crippen molar-refractivity contribution in [2.75, 3.05) is 6.26 Å². The number of allylic oxidation sites excluding steroid dienone is 1. The lowest BCUT2D eigenvalue weighted by Gasteiger charge is -2.24. The largest absolute Gasteiger partial charge is 0.342 e. The Morgan fingerprint density at radius 2 is 2.36 bits per heavy atom. The standard InChI is InChI=1S/C10H18N2OS/c1-14-10(13)12-9-7-5-3-2-4-6-8(9)11/h3,5,8-9H,2,4,6-7,11H2,1H3,(H,12,13)/b5-3+/t8-,9?/m1/s1. The number of amides is 1. The molecule has 1 amide bonds. The summed E-state index contributed by atoms with van der Waals surface area (Å²) in [5, 5.41) is 2.95. The Morgan fingerprint density at radius 3 is 3.07 bits per heavy atom. The van der Waals surface area contributed by atoms with Gasteiger partial charge >= 0.3 is 0 Å². The van der Waals surface area contributed by atoms with Crippen molar-refractivity contribution in [3.8, 4) is 0 Å². The second-order valence-electron chi connectivity index (χ2n) is 3.54. The molecule has 0 aliphatic heterocycles. The number of nitrogens with one attached hydrogen (secondary N) is 1. The number of hydrogen-bond donors (Lipinski definition) is 2. The van der Waals surface area contributed by atoms with Gasteiger partial charge in [-0.15, -0.1) is 0 Å². The molecular weight excluding hydrogens is 196 g/mol. The van der Waals surface area contributed by atoms with Crippen molar-refractivity contribution < 1.29 is 4.79 Å². The van der Waals surface area contributed by atoms with E-state index in [9.17, 15) is 4.79 Å². The second kappa shape index (κ2) is 6.09. The van der Waals surface area contributed by atoms with E-state index in [0.29, 0.717) is 0 Å². The predicted octanol–water partition coefficient (Wildman–Crippen LogP) is 1.89. The maximum Gasteiger partial charge on any atom is 0.279 e. The molecule has 14 heavy (non-hydrogen) atoms. The Bertz CT molecular complexity index is 218. The Labute approximate surface area is 89.5 Å². The van der Waals surface area contributed by atoms with Gasteiger partial charge in [-0.1, -0.05) is 23.9 Å². The first-order valence-electron chi connectivity index (χ1n) is 4.99. The van der Waals surface area contributed by atoms with Crippen molar-refractivity contribution in [1.82, 2.24) is 5.32 Å². The zero-order valence-corrected chi connectivity index (χ0v) is 9.35. The topological polar surface area (TPSA) is 55.1 Å². The Balaban J connectivity index is 2.49. The molecule has 1 unspecified atom stereocenters. The van der Waals surface area contributed by atoms with Crippen LogP contribution in [0.3, 0.4) is 0 Å². The molecule has 3 N–H and O–H groups in total. The molecule has 0 fully saturated rings. The number of nitrogens with two attached hydrogens (primary N) is 1. The first-order valence-corrected chi connectivity index (χ1v) is 6.21. The fraction of sp³-hybridized carbons (Fsp3) is 0.700. The van der Waals surface area contributed by atoms with Gasteiger partial charge in [0.2, 0.25) is 0 Å². The Kier molecular flexibility index (Phi) is 5.04. The lowest BCUT2D eigenvalue weighted by atomic mass is 9.97. The average Bonchev–Trinajstić information content (AvgIpc) is 2.17. The van der Waals surface area contributed by atoms with Gasteiger partial charge in [0.15, 0.2) is 0 Å². The number of hydrogen-bond acceptors (Lipinski definition) is 3. The van der Waals surface area contributed by atoms with Crippen LogP contribution >= 0.6 is 11.8 Å². The van der Waals surface area contributed by atoms with Gasteiger partial charge in [-0.05, 0) is 31.9 Å². The summed E-state index contributed by atoms with van der Waals surface area (Å²) in [6.45, 7) is 0. The molecule has 0 radical (unpaired) electrons. The van der Waals surface area contributed by atoms with Crippen molar-refractivity contribution in [3.05, 3.63) is 12.2 Å². The minimum Gasteiger partial charge on any atom is -0.342 e. The van der Waals surface area contributed by atoms with Gasteiger partial charge < -0.3 is 11.1 Å². The van der Waals surface area contributed by atoms with Gasteiger partial charge in [-0.3, -0.25) is 4.79 Å². The quantitative estimate of drug-likeness (QED) is 0.655. The van der Waals surface area contributed by atoms with Gasteiger partial charge in [0.05, 0.1) is 0 Å². The van der Waals surface area contributed by atoms with E-state index in [1.54, 1.807) is 6.26 Å². The first-order chi connectivity index (χ1) is 6.74. The van der Waals surface area contributed by atoms with E-state index in [2.05, 4.69) is 17.5 Å². The van der Waals surface area contributed by atoms with Crippen LogP contribution in [0.25, 0.3) is 0 Å². The van der Waals surface area contributed by atoms with Gasteiger partial charge in [0, 0.05) is 12.1 Å². The zero-order chi connectivity index (χ0) is 10.4. The molecule has 3 nitrogen and oxygen atoms in total. The van der Waals surface area contributed by atoms with Crippen molar-refractivity contribution in [1.29, 1.82) is 0 Å². The van der Waals surface area contributed by atoms with E-state index in [1.807, 2.05) is 0 Å². The van der Waals surface area contributed by atoms with E-state index in [4.69, 9.17) is 5.73 Å². The third kappa shape index (κ3) is 3.72. The summed E-state index contributed by atoms with van der Waals surface area (Å²) in [5.41, 5.74) is 5.99. The highest BCUT2D eigenvalue weighted by Gasteiger charge is 2.18. The van der Waals surface area contributed by atoms with Crippen LogP contribution < -0.4 is 11.1 Å². The van der Waals surface area contributed by atoms with E-state index >= 15 is 0 Å². The van der Waals surface area contributed by atoms with E-state index in [1.165, 1.54) is 11.8 Å². The van der Waals surface area contributed by atoms with Crippen LogP contribution in [0.4, 0.5) is 4.79 Å². The summed E-state index contributed by atoms with van der Waals surface area (Å²) in [5.74, 6) is 0. The molecule has 0 saturated carbocycles. The number of thioether (sulfide) groups is 1. The van der Waals surface area contributed by atoms with Crippen LogP contribution in [0.15, 0.2) is 12.2 Å². The van der Waals surface area contributed by atoms with Crippen LogP contribution in [0.1, 0.15) is 25.7 Å². The highest BCUT2D eigenvalue weighted by molar-refractivity contribution is 8.12. The van der Waals surface area contributed by atoms with E-state index < -0.39 is 0 Å². The molecule has 0 saturated heterocycles. The van der Waals surface area contributed by atoms with Crippen LogP contribution in [0, 0.1) is 0 Å². The summed E-state index contributed by atoms with van der Waals surface area (Å²) < 4.78 is 0. The molecular formula is C10H18N2OS. The Hall–Kier alpha value is -0.480. The second-order valence-corrected chi connectivity index (χ2v) is 4.32. The average molecular weight is 214 g/mol.